The Morgan fingerprint density at radius 1 is 1.25 bits per heavy atom. The first kappa shape index (κ1) is 19.4. The molecule has 3 rings (SSSR count). The second-order valence-corrected chi connectivity index (χ2v) is 6.81. The normalized spacial score (nSPS) is 12.6. The molecule has 142 valence electrons. The molecule has 1 aromatic heterocycles. The topological polar surface area (TPSA) is 57.8 Å². The molecule has 1 amide bonds. The van der Waals surface area contributed by atoms with Crippen LogP contribution in [0.2, 0.25) is 0 Å². The highest BCUT2D eigenvalue weighted by Crippen LogP contribution is 2.24. The standard InChI is InChI=1S/C23H22FN3O/c1-3-16(2)26-23(28)18(13-25)12-19-15-27(22-7-5-4-6-21(19)22)14-17-8-10-20(24)11-9-17/h4-12,15-16H,3,14H2,1-2H3,(H,26,28)/b18-12+/t16-/m1/s1. The quantitative estimate of drug-likeness (QED) is 0.504. The zero-order chi connectivity index (χ0) is 20.1. The fraction of sp³-hybridized carbons (Fsp3) is 0.217. The summed E-state index contributed by atoms with van der Waals surface area (Å²) in [6.45, 7) is 4.45. The lowest BCUT2D eigenvalue weighted by molar-refractivity contribution is -0.117. The van der Waals surface area contributed by atoms with E-state index in [4.69, 9.17) is 0 Å². The number of nitriles is 1. The summed E-state index contributed by atoms with van der Waals surface area (Å²) < 4.78 is 15.2. The third-order valence-electron chi connectivity index (χ3n) is 4.74. The van der Waals surface area contributed by atoms with Crippen LogP contribution in [0.1, 0.15) is 31.4 Å². The minimum Gasteiger partial charge on any atom is -0.349 e. The molecular formula is C23H22FN3O. The molecule has 0 fully saturated rings. The van der Waals surface area contributed by atoms with Crippen molar-refractivity contribution in [2.24, 2.45) is 0 Å². The van der Waals surface area contributed by atoms with Crippen LogP contribution in [-0.4, -0.2) is 16.5 Å². The smallest absolute Gasteiger partial charge is 0.262 e. The molecule has 1 heterocycles. The Kier molecular flexibility index (Phi) is 5.90. The van der Waals surface area contributed by atoms with Gasteiger partial charge in [-0.1, -0.05) is 37.3 Å². The van der Waals surface area contributed by atoms with E-state index in [1.165, 1.54) is 12.1 Å². The summed E-state index contributed by atoms with van der Waals surface area (Å²) in [6, 6.07) is 16.2. The number of rotatable bonds is 6. The van der Waals surface area contributed by atoms with Crippen molar-refractivity contribution in [2.45, 2.75) is 32.9 Å². The lowest BCUT2D eigenvalue weighted by Crippen LogP contribution is -2.32. The average Bonchev–Trinajstić information content (AvgIpc) is 3.05. The van der Waals surface area contributed by atoms with E-state index in [1.54, 1.807) is 18.2 Å². The summed E-state index contributed by atoms with van der Waals surface area (Å²) in [6.07, 6.45) is 4.34. The van der Waals surface area contributed by atoms with E-state index in [1.807, 2.05) is 54.9 Å². The Morgan fingerprint density at radius 2 is 1.96 bits per heavy atom. The number of aromatic nitrogens is 1. The molecule has 4 nitrogen and oxygen atoms in total. The number of carbonyl (C=O) groups excluding carboxylic acids is 1. The average molecular weight is 375 g/mol. The Labute approximate surface area is 163 Å². The van der Waals surface area contributed by atoms with Gasteiger partial charge in [0.25, 0.3) is 5.91 Å². The summed E-state index contributed by atoms with van der Waals surface area (Å²) in [5, 5.41) is 13.2. The van der Waals surface area contributed by atoms with Crippen LogP contribution in [0.3, 0.4) is 0 Å². The van der Waals surface area contributed by atoms with E-state index in [2.05, 4.69) is 5.32 Å². The van der Waals surface area contributed by atoms with Crippen LogP contribution in [0.25, 0.3) is 17.0 Å². The van der Waals surface area contributed by atoms with Gasteiger partial charge in [0.1, 0.15) is 17.5 Å². The van der Waals surface area contributed by atoms with Crippen LogP contribution in [-0.2, 0) is 11.3 Å². The maximum Gasteiger partial charge on any atom is 0.262 e. The molecule has 1 atom stereocenters. The molecule has 0 aliphatic heterocycles. The van der Waals surface area contributed by atoms with E-state index in [0.29, 0.717) is 6.54 Å². The number of nitrogens with zero attached hydrogens (tertiary/aromatic N) is 2. The van der Waals surface area contributed by atoms with E-state index in [9.17, 15) is 14.4 Å². The molecule has 0 saturated carbocycles. The van der Waals surface area contributed by atoms with Crippen molar-refractivity contribution in [1.29, 1.82) is 5.26 Å². The van der Waals surface area contributed by atoms with E-state index in [0.717, 1.165) is 28.5 Å². The third-order valence-corrected chi connectivity index (χ3v) is 4.74. The molecule has 0 spiro atoms. The molecule has 2 aromatic carbocycles. The number of fused-ring (bicyclic) bond motifs is 1. The van der Waals surface area contributed by atoms with Gasteiger partial charge in [0, 0.05) is 35.2 Å². The van der Waals surface area contributed by atoms with Crippen LogP contribution in [0.4, 0.5) is 4.39 Å². The molecular weight excluding hydrogens is 353 g/mol. The second-order valence-electron chi connectivity index (χ2n) is 6.81. The summed E-state index contributed by atoms with van der Waals surface area (Å²) in [7, 11) is 0. The molecule has 0 aliphatic carbocycles. The lowest BCUT2D eigenvalue weighted by Gasteiger charge is -2.10. The van der Waals surface area contributed by atoms with Gasteiger partial charge in [-0.2, -0.15) is 5.26 Å². The van der Waals surface area contributed by atoms with E-state index in [-0.39, 0.29) is 23.3 Å². The van der Waals surface area contributed by atoms with Crippen molar-refractivity contribution in [2.75, 3.05) is 0 Å². The van der Waals surface area contributed by atoms with Crippen molar-refractivity contribution < 1.29 is 9.18 Å². The highest BCUT2D eigenvalue weighted by molar-refractivity contribution is 6.04. The number of para-hydroxylation sites is 1. The van der Waals surface area contributed by atoms with Crippen LogP contribution in [0.15, 0.2) is 60.3 Å². The number of carbonyl (C=O) groups is 1. The predicted molar refractivity (Wildman–Crippen MR) is 109 cm³/mol. The molecule has 5 heteroatoms. The molecule has 28 heavy (non-hydrogen) atoms. The van der Waals surface area contributed by atoms with Crippen molar-refractivity contribution in [3.05, 3.63) is 77.2 Å². The first-order chi connectivity index (χ1) is 13.5. The summed E-state index contributed by atoms with van der Waals surface area (Å²) in [4.78, 5) is 12.4. The molecule has 0 unspecified atom stereocenters. The largest absolute Gasteiger partial charge is 0.349 e. The number of nitrogens with one attached hydrogen (secondary N) is 1. The molecule has 0 saturated heterocycles. The van der Waals surface area contributed by atoms with Crippen LogP contribution in [0, 0.1) is 17.1 Å². The Hall–Kier alpha value is -3.39. The van der Waals surface area contributed by atoms with E-state index < -0.39 is 0 Å². The SMILES string of the molecule is CC[C@@H](C)NC(=O)/C(C#N)=C/c1cn(Cc2ccc(F)cc2)c2ccccc12. The van der Waals surface area contributed by atoms with Gasteiger partial charge in [0.15, 0.2) is 0 Å². The summed E-state index contributed by atoms with van der Waals surface area (Å²) in [5.74, 6) is -0.636. The second kappa shape index (κ2) is 8.53. The van der Waals surface area contributed by atoms with Crippen LogP contribution >= 0.6 is 0 Å². The lowest BCUT2D eigenvalue weighted by atomic mass is 10.1. The summed E-state index contributed by atoms with van der Waals surface area (Å²) >= 11 is 0. The van der Waals surface area contributed by atoms with Gasteiger partial charge < -0.3 is 9.88 Å². The maximum atomic E-state index is 13.2. The molecule has 1 N–H and O–H groups in total. The van der Waals surface area contributed by atoms with Gasteiger partial charge in [-0.05, 0) is 43.2 Å². The minimum atomic E-state index is -0.368. The van der Waals surface area contributed by atoms with Crippen molar-refractivity contribution in [3.63, 3.8) is 0 Å². The highest BCUT2D eigenvalue weighted by atomic mass is 19.1. The molecule has 3 aromatic rings. The monoisotopic (exact) mass is 375 g/mol. The van der Waals surface area contributed by atoms with Gasteiger partial charge in [0.2, 0.25) is 0 Å². The van der Waals surface area contributed by atoms with Gasteiger partial charge in [-0.3, -0.25) is 4.79 Å². The molecule has 0 radical (unpaired) electrons. The van der Waals surface area contributed by atoms with Gasteiger partial charge in [0.05, 0.1) is 0 Å². The van der Waals surface area contributed by atoms with E-state index >= 15 is 0 Å². The third kappa shape index (κ3) is 4.29. The highest BCUT2D eigenvalue weighted by Gasteiger charge is 2.14. The van der Waals surface area contributed by atoms with Gasteiger partial charge in [-0.15, -0.1) is 0 Å². The maximum absolute atomic E-state index is 13.2. The fourth-order valence-corrected chi connectivity index (χ4v) is 3.02. The van der Waals surface area contributed by atoms with Gasteiger partial charge >= 0.3 is 0 Å². The Balaban J connectivity index is 1.98. The number of hydrogen-bond acceptors (Lipinski definition) is 2. The van der Waals surface area contributed by atoms with Crippen molar-refractivity contribution in [3.8, 4) is 6.07 Å². The Morgan fingerprint density at radius 3 is 2.64 bits per heavy atom. The zero-order valence-electron chi connectivity index (χ0n) is 15.9. The predicted octanol–water partition coefficient (Wildman–Crippen LogP) is 4.65. The number of amides is 1. The van der Waals surface area contributed by atoms with Crippen LogP contribution < -0.4 is 5.32 Å². The zero-order valence-corrected chi connectivity index (χ0v) is 15.9. The number of halogens is 1. The van der Waals surface area contributed by atoms with Crippen molar-refractivity contribution in [1.82, 2.24) is 9.88 Å². The van der Waals surface area contributed by atoms with Crippen molar-refractivity contribution >= 4 is 22.9 Å². The first-order valence-electron chi connectivity index (χ1n) is 9.26. The number of benzene rings is 2. The first-order valence-corrected chi connectivity index (χ1v) is 9.26. The number of hydrogen-bond donors (Lipinski definition) is 1. The minimum absolute atomic E-state index is 0.00377. The Bertz CT molecular complexity index is 1060. The van der Waals surface area contributed by atoms with Crippen LogP contribution in [0.5, 0.6) is 0 Å². The molecule has 0 aliphatic rings. The summed E-state index contributed by atoms with van der Waals surface area (Å²) in [5.41, 5.74) is 2.82. The fourth-order valence-electron chi connectivity index (χ4n) is 3.02. The van der Waals surface area contributed by atoms with Gasteiger partial charge in [-0.25, -0.2) is 4.39 Å². The molecule has 0 bridgehead atoms.